The van der Waals surface area contributed by atoms with Crippen LogP contribution in [0.25, 0.3) is 0 Å². The third-order valence-electron chi connectivity index (χ3n) is 4.75. The molecule has 2 unspecified atom stereocenters. The molecule has 2 heteroatoms. The summed E-state index contributed by atoms with van der Waals surface area (Å²) < 4.78 is 0. The first-order valence-electron chi connectivity index (χ1n) is 7.84. The van der Waals surface area contributed by atoms with Gasteiger partial charge in [-0.05, 0) is 49.3 Å². The molecule has 2 aliphatic rings. The molecule has 19 heavy (non-hydrogen) atoms. The quantitative estimate of drug-likeness (QED) is 0.897. The molecular weight excluding hydrogens is 232 g/mol. The molecule has 1 aromatic carbocycles. The third kappa shape index (κ3) is 2.85. The second-order valence-electron chi connectivity index (χ2n) is 6.26. The summed E-state index contributed by atoms with van der Waals surface area (Å²) >= 11 is 0. The summed E-state index contributed by atoms with van der Waals surface area (Å²) in [6.45, 7) is 8.04. The van der Waals surface area contributed by atoms with Crippen molar-refractivity contribution in [2.75, 3.05) is 13.1 Å². The highest BCUT2D eigenvalue weighted by Crippen LogP contribution is 2.24. The van der Waals surface area contributed by atoms with Crippen LogP contribution in [-0.2, 0) is 19.4 Å². The van der Waals surface area contributed by atoms with Gasteiger partial charge in [0, 0.05) is 31.7 Å². The van der Waals surface area contributed by atoms with Crippen molar-refractivity contribution in [2.24, 2.45) is 0 Å². The Balaban J connectivity index is 1.72. The van der Waals surface area contributed by atoms with Crippen LogP contribution in [0.5, 0.6) is 0 Å². The molecule has 0 radical (unpaired) electrons. The van der Waals surface area contributed by atoms with Gasteiger partial charge in [0.05, 0.1) is 0 Å². The van der Waals surface area contributed by atoms with Crippen molar-refractivity contribution in [3.63, 3.8) is 0 Å². The number of rotatable bonds is 3. The standard InChI is InChI=1S/C17H26N2/c1-3-17-10-18-13(2)11-19(17)12-14-7-8-15-5-4-6-16(15)9-14/h7-9,13,17-18H,3-6,10-12H2,1-2H3. The Kier molecular flexibility index (Phi) is 3.90. The van der Waals surface area contributed by atoms with E-state index in [0.29, 0.717) is 12.1 Å². The van der Waals surface area contributed by atoms with E-state index in [4.69, 9.17) is 0 Å². The van der Waals surface area contributed by atoms with Gasteiger partial charge < -0.3 is 5.32 Å². The van der Waals surface area contributed by atoms with Crippen LogP contribution in [0, 0.1) is 0 Å². The van der Waals surface area contributed by atoms with E-state index in [2.05, 4.69) is 42.3 Å². The van der Waals surface area contributed by atoms with Crippen LogP contribution in [0.15, 0.2) is 18.2 Å². The molecular formula is C17H26N2. The van der Waals surface area contributed by atoms with Crippen LogP contribution in [-0.4, -0.2) is 30.1 Å². The summed E-state index contributed by atoms with van der Waals surface area (Å²) in [5, 5.41) is 3.60. The molecule has 1 saturated heterocycles. The van der Waals surface area contributed by atoms with Gasteiger partial charge in [0.25, 0.3) is 0 Å². The van der Waals surface area contributed by atoms with Gasteiger partial charge in [-0.3, -0.25) is 4.90 Å². The lowest BCUT2D eigenvalue weighted by molar-refractivity contribution is 0.124. The number of nitrogens with one attached hydrogen (secondary N) is 1. The molecule has 2 nitrogen and oxygen atoms in total. The van der Waals surface area contributed by atoms with Gasteiger partial charge >= 0.3 is 0 Å². The summed E-state index contributed by atoms with van der Waals surface area (Å²) in [6, 6.07) is 8.50. The second-order valence-corrected chi connectivity index (χ2v) is 6.26. The van der Waals surface area contributed by atoms with E-state index in [1.165, 1.54) is 37.8 Å². The van der Waals surface area contributed by atoms with Crippen molar-refractivity contribution in [1.29, 1.82) is 0 Å². The fourth-order valence-electron chi connectivity index (χ4n) is 3.59. The van der Waals surface area contributed by atoms with Gasteiger partial charge in [0.1, 0.15) is 0 Å². The monoisotopic (exact) mass is 258 g/mol. The topological polar surface area (TPSA) is 15.3 Å². The maximum absolute atomic E-state index is 3.60. The lowest BCUT2D eigenvalue weighted by atomic mass is 10.0. The van der Waals surface area contributed by atoms with Crippen LogP contribution in [0.1, 0.15) is 43.4 Å². The number of hydrogen-bond donors (Lipinski definition) is 1. The van der Waals surface area contributed by atoms with Crippen molar-refractivity contribution in [3.05, 3.63) is 34.9 Å². The SMILES string of the molecule is CCC1CNC(C)CN1Cc1ccc2c(c1)CCC2. The van der Waals surface area contributed by atoms with Crippen LogP contribution in [0.3, 0.4) is 0 Å². The highest BCUT2D eigenvalue weighted by Gasteiger charge is 2.24. The fraction of sp³-hybridized carbons (Fsp3) is 0.647. The Bertz CT molecular complexity index is 441. The Morgan fingerprint density at radius 3 is 2.95 bits per heavy atom. The molecule has 1 aliphatic carbocycles. The van der Waals surface area contributed by atoms with Crippen LogP contribution >= 0.6 is 0 Å². The van der Waals surface area contributed by atoms with E-state index < -0.39 is 0 Å². The third-order valence-corrected chi connectivity index (χ3v) is 4.75. The molecule has 104 valence electrons. The van der Waals surface area contributed by atoms with E-state index >= 15 is 0 Å². The summed E-state index contributed by atoms with van der Waals surface area (Å²) in [5.41, 5.74) is 4.70. The largest absolute Gasteiger partial charge is 0.311 e. The van der Waals surface area contributed by atoms with Crippen LogP contribution in [0.2, 0.25) is 0 Å². The van der Waals surface area contributed by atoms with E-state index in [9.17, 15) is 0 Å². The predicted molar refractivity (Wildman–Crippen MR) is 80.4 cm³/mol. The number of hydrogen-bond acceptors (Lipinski definition) is 2. The molecule has 1 heterocycles. The van der Waals surface area contributed by atoms with E-state index in [0.717, 1.165) is 13.1 Å². The number of nitrogens with zero attached hydrogens (tertiary/aromatic N) is 1. The number of fused-ring (bicyclic) bond motifs is 1. The average Bonchev–Trinajstić information content (AvgIpc) is 2.86. The first-order chi connectivity index (χ1) is 9.26. The van der Waals surface area contributed by atoms with Crippen LogP contribution in [0.4, 0.5) is 0 Å². The van der Waals surface area contributed by atoms with E-state index in [1.54, 1.807) is 11.1 Å². The Morgan fingerprint density at radius 1 is 1.26 bits per heavy atom. The summed E-state index contributed by atoms with van der Waals surface area (Å²) in [4.78, 5) is 2.66. The molecule has 0 saturated carbocycles. The van der Waals surface area contributed by atoms with Crippen molar-refractivity contribution < 1.29 is 0 Å². The lowest BCUT2D eigenvalue weighted by Crippen LogP contribution is -2.54. The number of piperazine rings is 1. The first-order valence-corrected chi connectivity index (χ1v) is 7.84. The smallest absolute Gasteiger partial charge is 0.0237 e. The molecule has 2 atom stereocenters. The molecule has 0 amide bonds. The van der Waals surface area contributed by atoms with Crippen molar-refractivity contribution in [1.82, 2.24) is 10.2 Å². The van der Waals surface area contributed by atoms with Crippen molar-refractivity contribution in [2.45, 2.75) is 58.2 Å². The molecule has 1 N–H and O–H groups in total. The highest BCUT2D eigenvalue weighted by atomic mass is 15.2. The zero-order valence-corrected chi connectivity index (χ0v) is 12.3. The molecule has 0 spiro atoms. The zero-order chi connectivity index (χ0) is 13.2. The van der Waals surface area contributed by atoms with Gasteiger partial charge in [-0.1, -0.05) is 25.1 Å². The maximum atomic E-state index is 3.60. The normalized spacial score (nSPS) is 27.5. The van der Waals surface area contributed by atoms with Crippen molar-refractivity contribution >= 4 is 0 Å². The Hall–Kier alpha value is -0.860. The van der Waals surface area contributed by atoms with E-state index in [-0.39, 0.29) is 0 Å². The Labute approximate surface area is 117 Å². The lowest BCUT2D eigenvalue weighted by Gasteiger charge is -2.39. The summed E-state index contributed by atoms with van der Waals surface area (Å²) in [5.74, 6) is 0. The minimum atomic E-state index is 0.622. The molecule has 1 aromatic rings. The number of benzene rings is 1. The van der Waals surface area contributed by atoms with Gasteiger partial charge in [-0.15, -0.1) is 0 Å². The molecule has 1 aliphatic heterocycles. The van der Waals surface area contributed by atoms with Gasteiger partial charge in [-0.2, -0.15) is 0 Å². The summed E-state index contributed by atoms with van der Waals surface area (Å²) in [6.07, 6.45) is 5.17. The Morgan fingerprint density at radius 2 is 2.11 bits per heavy atom. The molecule has 1 fully saturated rings. The van der Waals surface area contributed by atoms with Gasteiger partial charge in [-0.25, -0.2) is 0 Å². The van der Waals surface area contributed by atoms with Gasteiger partial charge in [0.15, 0.2) is 0 Å². The van der Waals surface area contributed by atoms with Crippen molar-refractivity contribution in [3.8, 4) is 0 Å². The maximum Gasteiger partial charge on any atom is 0.0237 e. The predicted octanol–water partition coefficient (Wildman–Crippen LogP) is 2.75. The van der Waals surface area contributed by atoms with Crippen LogP contribution < -0.4 is 5.32 Å². The fourth-order valence-corrected chi connectivity index (χ4v) is 3.59. The molecule has 0 aromatic heterocycles. The minimum Gasteiger partial charge on any atom is -0.311 e. The number of aryl methyl sites for hydroxylation is 2. The minimum absolute atomic E-state index is 0.622. The van der Waals surface area contributed by atoms with E-state index in [1.807, 2.05) is 0 Å². The molecule has 0 bridgehead atoms. The highest BCUT2D eigenvalue weighted by molar-refractivity contribution is 5.35. The molecule has 3 rings (SSSR count). The average molecular weight is 258 g/mol. The zero-order valence-electron chi connectivity index (χ0n) is 12.3. The second kappa shape index (κ2) is 5.64. The van der Waals surface area contributed by atoms with Gasteiger partial charge in [0.2, 0.25) is 0 Å². The first kappa shape index (κ1) is 13.1. The summed E-state index contributed by atoms with van der Waals surface area (Å²) in [7, 11) is 0.